The Labute approximate surface area is 330 Å². The van der Waals surface area contributed by atoms with Crippen molar-refractivity contribution in [3.63, 3.8) is 0 Å². The highest BCUT2D eigenvalue weighted by molar-refractivity contribution is 6.30. The summed E-state index contributed by atoms with van der Waals surface area (Å²) in [4.78, 5) is 28.3. The van der Waals surface area contributed by atoms with Crippen molar-refractivity contribution in [3.8, 4) is 44.9 Å². The van der Waals surface area contributed by atoms with Gasteiger partial charge in [-0.1, -0.05) is 133 Å². The van der Waals surface area contributed by atoms with Crippen molar-refractivity contribution in [3.05, 3.63) is 179 Å². The Kier molecular flexibility index (Phi) is 7.50. The molecule has 2 aromatic heterocycles. The van der Waals surface area contributed by atoms with Gasteiger partial charge in [0.25, 0.3) is 0 Å². The second kappa shape index (κ2) is 12.9. The van der Waals surface area contributed by atoms with E-state index < -0.39 is 11.3 Å². The highest BCUT2D eigenvalue weighted by atomic mass is 16.5. The quantitative estimate of drug-likeness (QED) is 0.0989. The van der Waals surface area contributed by atoms with Gasteiger partial charge in [-0.2, -0.15) is 0 Å². The van der Waals surface area contributed by atoms with Gasteiger partial charge in [-0.3, -0.25) is 0 Å². The molecule has 58 heavy (non-hydrogen) atoms. The molecule has 6 heteroatoms. The minimum atomic E-state index is -0.465. The summed E-state index contributed by atoms with van der Waals surface area (Å²) in [5, 5.41) is 11.0. The third-order valence-corrected chi connectivity index (χ3v) is 11.5. The Hall–Kier alpha value is -7.70. The van der Waals surface area contributed by atoms with Crippen LogP contribution in [-0.2, 0) is 0 Å². The summed E-state index contributed by atoms with van der Waals surface area (Å²) < 4.78 is 23.4. The average Bonchev–Trinajstić information content (AvgIpc) is 3.27. The number of benzene rings is 9. The molecule has 0 spiro atoms. The number of rotatable bonds is 5. The molecule has 0 N–H and O–H groups in total. The molecule has 11 aromatic rings. The van der Waals surface area contributed by atoms with E-state index in [2.05, 4.69) is 54.6 Å². The molecule has 0 fully saturated rings. The molecule has 0 unspecified atom stereocenters. The summed E-state index contributed by atoms with van der Waals surface area (Å²) in [5.74, 6) is 1.07. The summed E-state index contributed by atoms with van der Waals surface area (Å²) in [5.41, 5.74) is 4.68. The van der Waals surface area contributed by atoms with E-state index in [1.54, 1.807) is 26.4 Å². The Bertz CT molecular complexity index is 3540. The predicted molar refractivity (Wildman–Crippen MR) is 235 cm³/mol. The summed E-state index contributed by atoms with van der Waals surface area (Å²) in [6.07, 6.45) is 0. The molecule has 276 valence electrons. The van der Waals surface area contributed by atoms with E-state index in [1.807, 2.05) is 91.0 Å². The van der Waals surface area contributed by atoms with E-state index in [0.29, 0.717) is 39.2 Å². The molecule has 6 nitrogen and oxygen atoms in total. The van der Waals surface area contributed by atoms with Gasteiger partial charge in [0.2, 0.25) is 0 Å². The lowest BCUT2D eigenvalue weighted by molar-refractivity contribution is 0.396. The normalized spacial score (nSPS) is 11.8. The van der Waals surface area contributed by atoms with Gasteiger partial charge < -0.3 is 18.3 Å². The highest BCUT2D eigenvalue weighted by Gasteiger charge is 2.25. The van der Waals surface area contributed by atoms with Gasteiger partial charge in [0.1, 0.15) is 22.7 Å². The van der Waals surface area contributed by atoms with Crippen LogP contribution < -0.4 is 20.7 Å². The first-order chi connectivity index (χ1) is 28.5. The second-order valence-electron chi connectivity index (χ2n) is 14.5. The van der Waals surface area contributed by atoms with Crippen LogP contribution in [0.1, 0.15) is 0 Å². The van der Waals surface area contributed by atoms with Gasteiger partial charge in [-0.05, 0) is 71.7 Å². The van der Waals surface area contributed by atoms with E-state index in [-0.39, 0.29) is 0 Å². The second-order valence-corrected chi connectivity index (χ2v) is 14.5. The van der Waals surface area contributed by atoms with Gasteiger partial charge in [0, 0.05) is 34.0 Å². The lowest BCUT2D eigenvalue weighted by Gasteiger charge is -2.22. The van der Waals surface area contributed by atoms with Crippen molar-refractivity contribution in [1.29, 1.82) is 0 Å². The summed E-state index contributed by atoms with van der Waals surface area (Å²) in [6, 6.07) is 52.4. The molecule has 2 heterocycles. The number of hydrogen-bond donors (Lipinski definition) is 0. The van der Waals surface area contributed by atoms with Crippen LogP contribution in [-0.4, -0.2) is 14.2 Å². The fraction of sp³-hybridized carbons (Fsp3) is 0.0385. The lowest BCUT2D eigenvalue weighted by Crippen LogP contribution is -2.05. The first-order valence-electron chi connectivity index (χ1n) is 19.1. The van der Waals surface area contributed by atoms with Gasteiger partial charge in [0.05, 0.1) is 30.7 Å². The Morgan fingerprint density at radius 2 is 0.810 bits per heavy atom. The van der Waals surface area contributed by atoms with Crippen molar-refractivity contribution in [2.45, 2.75) is 0 Å². The molecular formula is C52H32O6. The van der Waals surface area contributed by atoms with Crippen molar-refractivity contribution < 1.29 is 18.3 Å². The van der Waals surface area contributed by atoms with Crippen molar-refractivity contribution in [2.75, 3.05) is 14.2 Å². The smallest absolute Gasteiger partial charge is 0.344 e. The summed E-state index contributed by atoms with van der Waals surface area (Å²) >= 11 is 0. The first-order valence-corrected chi connectivity index (χ1v) is 19.1. The van der Waals surface area contributed by atoms with Crippen LogP contribution in [0, 0.1) is 0 Å². The number of hydrogen-bond acceptors (Lipinski definition) is 6. The highest BCUT2D eigenvalue weighted by Crippen LogP contribution is 2.50. The Morgan fingerprint density at radius 1 is 0.379 bits per heavy atom. The standard InChI is InChI=1S/C52H32O6/c1-55-31-26-44(56-2)41-28-43(51(53)57-45(41)27-31)47-35-17-7-11-21-39(35)49(40-22-12-8-18-36(40)47)48-37-19-9-5-15-33(37)46(34-16-6-10-20-38(34)48)42-25-30-24-23-29-13-3-4-14-32(29)50(30)58-52(42)54/h3-28H,1-2H3. The van der Waals surface area contributed by atoms with E-state index in [4.69, 9.17) is 18.3 Å². The maximum absolute atomic E-state index is 14.2. The van der Waals surface area contributed by atoms with Crippen LogP contribution in [0.4, 0.5) is 0 Å². The lowest BCUT2D eigenvalue weighted by atomic mass is 9.81. The van der Waals surface area contributed by atoms with Crippen LogP contribution in [0.2, 0.25) is 0 Å². The van der Waals surface area contributed by atoms with Crippen LogP contribution in [0.3, 0.4) is 0 Å². The zero-order valence-electron chi connectivity index (χ0n) is 31.5. The molecule has 9 aromatic carbocycles. The van der Waals surface area contributed by atoms with Crippen LogP contribution in [0.25, 0.3) is 109 Å². The number of fused-ring (bicyclic) bond motifs is 8. The zero-order valence-corrected chi connectivity index (χ0v) is 31.5. The zero-order chi connectivity index (χ0) is 39.1. The molecule has 0 radical (unpaired) electrons. The Balaban J connectivity index is 1.25. The first kappa shape index (κ1) is 33.6. The average molecular weight is 753 g/mol. The minimum absolute atomic E-state index is 0.377. The van der Waals surface area contributed by atoms with Crippen molar-refractivity contribution in [1.82, 2.24) is 0 Å². The van der Waals surface area contributed by atoms with E-state index >= 15 is 0 Å². The topological polar surface area (TPSA) is 78.9 Å². The summed E-state index contributed by atoms with van der Waals surface area (Å²) in [7, 11) is 3.15. The molecular weight excluding hydrogens is 721 g/mol. The number of methoxy groups -OCH3 is 2. The van der Waals surface area contributed by atoms with Crippen LogP contribution in [0.5, 0.6) is 11.5 Å². The molecule has 11 rings (SSSR count). The van der Waals surface area contributed by atoms with E-state index in [1.165, 1.54) is 0 Å². The Morgan fingerprint density at radius 3 is 1.31 bits per heavy atom. The maximum Gasteiger partial charge on any atom is 0.344 e. The fourth-order valence-electron chi connectivity index (χ4n) is 9.02. The van der Waals surface area contributed by atoms with Crippen LogP contribution in [0.15, 0.2) is 176 Å². The minimum Gasteiger partial charge on any atom is -0.496 e. The van der Waals surface area contributed by atoms with Crippen molar-refractivity contribution >= 4 is 75.8 Å². The van der Waals surface area contributed by atoms with Crippen molar-refractivity contribution in [2.24, 2.45) is 0 Å². The summed E-state index contributed by atoms with van der Waals surface area (Å²) in [6.45, 7) is 0. The molecule has 0 aliphatic carbocycles. The third kappa shape index (κ3) is 4.91. The van der Waals surface area contributed by atoms with Gasteiger partial charge >= 0.3 is 11.3 Å². The predicted octanol–water partition coefficient (Wildman–Crippen LogP) is 12.7. The monoisotopic (exact) mass is 752 g/mol. The molecule has 0 bridgehead atoms. The molecule has 0 amide bonds. The molecule has 0 atom stereocenters. The third-order valence-electron chi connectivity index (χ3n) is 11.5. The van der Waals surface area contributed by atoms with E-state index in [0.717, 1.165) is 81.5 Å². The van der Waals surface area contributed by atoms with Gasteiger partial charge in [-0.15, -0.1) is 0 Å². The number of ether oxygens (including phenoxy) is 2. The maximum atomic E-state index is 14.2. The SMILES string of the molecule is COc1cc(OC)c2cc(-c3c4ccccc4c(-c4c5ccccc5c(-c5cc6ccc7ccccc7c6oc5=O)c5ccccc45)c4ccccc34)c(=O)oc2c1. The molecule has 0 aliphatic rings. The largest absolute Gasteiger partial charge is 0.496 e. The molecule has 0 saturated carbocycles. The van der Waals surface area contributed by atoms with Gasteiger partial charge in [0.15, 0.2) is 0 Å². The fourth-order valence-corrected chi connectivity index (χ4v) is 9.02. The molecule has 0 aliphatic heterocycles. The van der Waals surface area contributed by atoms with E-state index in [9.17, 15) is 9.59 Å². The van der Waals surface area contributed by atoms with Gasteiger partial charge in [-0.25, -0.2) is 9.59 Å². The van der Waals surface area contributed by atoms with Crippen LogP contribution >= 0.6 is 0 Å². The molecule has 0 saturated heterocycles.